The topological polar surface area (TPSA) is 75.8 Å². The van der Waals surface area contributed by atoms with Crippen LogP contribution in [-0.4, -0.2) is 40.3 Å². The summed E-state index contributed by atoms with van der Waals surface area (Å²) >= 11 is 0. The van der Waals surface area contributed by atoms with Gasteiger partial charge >= 0.3 is 6.09 Å². The van der Waals surface area contributed by atoms with Crippen molar-refractivity contribution in [3.8, 4) is 0 Å². The van der Waals surface area contributed by atoms with E-state index in [0.29, 0.717) is 13.0 Å². The predicted octanol–water partition coefficient (Wildman–Crippen LogP) is 3.51. The molecule has 3 N–H and O–H groups in total. The molecule has 1 heterocycles. The molecular weight excluding hydrogens is 342 g/mol. The molecular formula is C19H28F2N2O3. The minimum Gasteiger partial charge on any atom is -0.444 e. The molecule has 0 spiro atoms. The first-order valence-electron chi connectivity index (χ1n) is 8.96. The number of likely N-dealkylation sites (tertiary alicyclic amines) is 1. The van der Waals surface area contributed by atoms with Crippen molar-refractivity contribution >= 4 is 6.09 Å². The van der Waals surface area contributed by atoms with Gasteiger partial charge in [0.1, 0.15) is 17.2 Å². The Morgan fingerprint density at radius 3 is 2.50 bits per heavy atom. The summed E-state index contributed by atoms with van der Waals surface area (Å²) in [4.78, 5) is 14.1. The van der Waals surface area contributed by atoms with Crippen molar-refractivity contribution < 1.29 is 23.4 Å². The highest BCUT2D eigenvalue weighted by atomic mass is 19.1. The number of benzene rings is 1. The van der Waals surface area contributed by atoms with E-state index >= 15 is 0 Å². The number of carbonyl (C=O) groups is 1. The molecule has 1 aromatic carbocycles. The van der Waals surface area contributed by atoms with Crippen molar-refractivity contribution in [1.82, 2.24) is 4.90 Å². The number of hydrogen-bond donors (Lipinski definition) is 2. The quantitative estimate of drug-likeness (QED) is 0.850. The van der Waals surface area contributed by atoms with Gasteiger partial charge in [0.05, 0.1) is 6.10 Å². The fraction of sp³-hybridized carbons (Fsp3) is 0.632. The highest BCUT2D eigenvalue weighted by Gasteiger charge is 2.33. The van der Waals surface area contributed by atoms with Crippen LogP contribution < -0.4 is 5.73 Å². The van der Waals surface area contributed by atoms with Gasteiger partial charge in [-0.2, -0.15) is 0 Å². The Balaban J connectivity index is 2.07. The number of aliphatic hydroxyl groups is 1. The first-order chi connectivity index (χ1) is 12.1. The third-order valence-electron chi connectivity index (χ3n) is 4.43. The van der Waals surface area contributed by atoms with Crippen LogP contribution in [0.1, 0.15) is 58.1 Å². The highest BCUT2D eigenvalue weighted by molar-refractivity contribution is 5.68. The maximum atomic E-state index is 13.4. The Morgan fingerprint density at radius 2 is 1.92 bits per heavy atom. The van der Waals surface area contributed by atoms with Gasteiger partial charge in [-0.1, -0.05) is 0 Å². The van der Waals surface area contributed by atoms with Crippen LogP contribution in [0.5, 0.6) is 0 Å². The normalized spacial score (nSPS) is 20.6. The number of nitrogens with zero attached hydrogens (tertiary/aromatic N) is 1. The van der Waals surface area contributed by atoms with E-state index in [1.165, 1.54) is 0 Å². The number of piperidine rings is 1. The molecule has 0 bridgehead atoms. The van der Waals surface area contributed by atoms with Crippen molar-refractivity contribution in [1.29, 1.82) is 0 Å². The number of hydrogen-bond acceptors (Lipinski definition) is 4. The molecule has 0 aromatic heterocycles. The number of ether oxygens (including phenoxy) is 1. The molecule has 1 amide bonds. The molecule has 0 radical (unpaired) electrons. The molecule has 0 saturated carbocycles. The van der Waals surface area contributed by atoms with Crippen LogP contribution in [0.15, 0.2) is 18.2 Å². The lowest BCUT2D eigenvalue weighted by atomic mass is 9.92. The van der Waals surface area contributed by atoms with E-state index in [1.54, 1.807) is 25.7 Å². The van der Waals surface area contributed by atoms with Gasteiger partial charge in [-0.05, 0) is 64.2 Å². The Hall–Kier alpha value is -1.73. The van der Waals surface area contributed by atoms with E-state index < -0.39 is 35.5 Å². The monoisotopic (exact) mass is 370 g/mol. The van der Waals surface area contributed by atoms with Gasteiger partial charge in [0.25, 0.3) is 0 Å². The smallest absolute Gasteiger partial charge is 0.410 e. The van der Waals surface area contributed by atoms with E-state index in [4.69, 9.17) is 10.5 Å². The summed E-state index contributed by atoms with van der Waals surface area (Å²) in [6, 6.07) is 1.94. The molecule has 7 heteroatoms. The molecule has 1 aromatic rings. The maximum absolute atomic E-state index is 13.4. The number of nitrogens with two attached hydrogens (primary N) is 1. The Kier molecular flexibility index (Phi) is 6.58. The first-order valence-corrected chi connectivity index (χ1v) is 8.96. The summed E-state index contributed by atoms with van der Waals surface area (Å²) in [7, 11) is 0. The predicted molar refractivity (Wildman–Crippen MR) is 94.5 cm³/mol. The van der Waals surface area contributed by atoms with E-state index in [2.05, 4.69) is 0 Å². The fourth-order valence-electron chi connectivity index (χ4n) is 3.24. The van der Waals surface area contributed by atoms with Gasteiger partial charge in [0.2, 0.25) is 0 Å². The molecule has 0 aliphatic carbocycles. The lowest BCUT2D eigenvalue weighted by Crippen LogP contribution is -2.49. The number of aliphatic hydroxyl groups excluding tert-OH is 1. The first kappa shape index (κ1) is 20.6. The molecule has 2 unspecified atom stereocenters. The van der Waals surface area contributed by atoms with Crippen molar-refractivity contribution in [2.24, 2.45) is 5.73 Å². The minimum atomic E-state index is -1.22. The Morgan fingerprint density at radius 1 is 1.31 bits per heavy atom. The number of rotatable bonds is 4. The highest BCUT2D eigenvalue weighted by Crippen LogP contribution is 2.27. The average molecular weight is 370 g/mol. The van der Waals surface area contributed by atoms with Crippen molar-refractivity contribution in [2.45, 2.75) is 70.2 Å². The third-order valence-corrected chi connectivity index (χ3v) is 4.43. The molecule has 1 aliphatic heterocycles. The van der Waals surface area contributed by atoms with Crippen LogP contribution >= 0.6 is 0 Å². The molecule has 2 rings (SSSR count). The molecule has 1 saturated heterocycles. The van der Waals surface area contributed by atoms with Crippen LogP contribution in [0, 0.1) is 11.6 Å². The minimum absolute atomic E-state index is 0.0922. The zero-order valence-corrected chi connectivity index (χ0v) is 15.5. The van der Waals surface area contributed by atoms with Crippen LogP contribution in [0.4, 0.5) is 13.6 Å². The van der Waals surface area contributed by atoms with Crippen LogP contribution in [-0.2, 0) is 4.74 Å². The number of carbonyl (C=O) groups excluding carboxylic acids is 1. The Bertz CT molecular complexity index is 613. The van der Waals surface area contributed by atoms with E-state index in [-0.39, 0.29) is 11.6 Å². The maximum Gasteiger partial charge on any atom is 0.410 e. The zero-order valence-electron chi connectivity index (χ0n) is 15.5. The summed E-state index contributed by atoms with van der Waals surface area (Å²) in [6.45, 7) is 5.98. The second kappa shape index (κ2) is 8.31. The van der Waals surface area contributed by atoms with E-state index in [9.17, 15) is 18.7 Å². The molecule has 1 fully saturated rings. The van der Waals surface area contributed by atoms with E-state index in [1.807, 2.05) is 0 Å². The molecule has 146 valence electrons. The van der Waals surface area contributed by atoms with Crippen molar-refractivity contribution in [3.63, 3.8) is 0 Å². The second-order valence-electron chi connectivity index (χ2n) is 7.87. The largest absolute Gasteiger partial charge is 0.444 e. The summed E-state index contributed by atoms with van der Waals surface area (Å²) in [5, 5.41) is 10.4. The zero-order chi connectivity index (χ0) is 19.5. The van der Waals surface area contributed by atoms with Crippen LogP contribution in [0.2, 0.25) is 0 Å². The average Bonchev–Trinajstić information content (AvgIpc) is 2.52. The molecule has 3 atom stereocenters. The lowest BCUT2D eigenvalue weighted by molar-refractivity contribution is 0.00550. The van der Waals surface area contributed by atoms with E-state index in [0.717, 1.165) is 37.5 Å². The standard InChI is InChI=1S/C19H28F2N2O3/c1-19(2,3)26-18(25)23-7-5-4-6-15(23)11-16(22)17(24)12-8-13(20)10-14(21)9-12/h8-10,15-17,24H,4-7,11,22H2,1-3H3/t15-,16?,17?/m1/s1. The van der Waals surface area contributed by atoms with Crippen LogP contribution in [0.25, 0.3) is 0 Å². The molecule has 5 nitrogen and oxygen atoms in total. The van der Waals surface area contributed by atoms with Gasteiger partial charge in [0, 0.05) is 24.7 Å². The summed E-state index contributed by atoms with van der Waals surface area (Å²) < 4.78 is 32.2. The Labute approximate surface area is 153 Å². The van der Waals surface area contributed by atoms with Gasteiger partial charge in [-0.15, -0.1) is 0 Å². The van der Waals surface area contributed by atoms with Gasteiger partial charge in [-0.3, -0.25) is 0 Å². The van der Waals surface area contributed by atoms with Crippen LogP contribution in [0.3, 0.4) is 0 Å². The fourth-order valence-corrected chi connectivity index (χ4v) is 3.24. The summed E-state index contributed by atoms with van der Waals surface area (Å²) in [6.07, 6.45) is 1.27. The molecule has 1 aliphatic rings. The van der Waals surface area contributed by atoms with Gasteiger partial charge < -0.3 is 20.5 Å². The second-order valence-corrected chi connectivity index (χ2v) is 7.87. The number of halogens is 2. The van der Waals surface area contributed by atoms with Gasteiger partial charge in [-0.25, -0.2) is 13.6 Å². The lowest BCUT2D eigenvalue weighted by Gasteiger charge is -2.38. The third kappa shape index (κ3) is 5.64. The van der Waals surface area contributed by atoms with Gasteiger partial charge in [0.15, 0.2) is 0 Å². The van der Waals surface area contributed by atoms with Crippen molar-refractivity contribution in [2.75, 3.05) is 6.54 Å². The van der Waals surface area contributed by atoms with Crippen molar-refractivity contribution in [3.05, 3.63) is 35.4 Å². The number of amides is 1. The summed E-state index contributed by atoms with van der Waals surface area (Å²) in [5.41, 5.74) is 5.59. The summed E-state index contributed by atoms with van der Waals surface area (Å²) in [5.74, 6) is -1.53. The SMILES string of the molecule is CC(C)(C)OC(=O)N1CCCC[C@@H]1CC(N)C(O)c1cc(F)cc(F)c1. The molecule has 26 heavy (non-hydrogen) atoms.